The zero-order valence-electron chi connectivity index (χ0n) is 17.2. The number of ether oxygens (including phenoxy) is 2. The third-order valence-corrected chi connectivity index (χ3v) is 6.06. The van der Waals surface area contributed by atoms with Crippen LogP contribution in [0.15, 0.2) is 36.4 Å². The molecule has 0 spiro atoms. The van der Waals surface area contributed by atoms with E-state index in [1.165, 1.54) is 6.42 Å². The predicted molar refractivity (Wildman–Crippen MR) is 111 cm³/mol. The largest absolute Gasteiger partial charge is 0.508 e. The van der Waals surface area contributed by atoms with Gasteiger partial charge in [0.25, 0.3) is 0 Å². The van der Waals surface area contributed by atoms with Gasteiger partial charge in [-0.25, -0.2) is 0 Å². The number of piperidine rings is 1. The van der Waals surface area contributed by atoms with Crippen molar-refractivity contribution in [1.29, 1.82) is 0 Å². The van der Waals surface area contributed by atoms with Crippen LogP contribution in [-0.2, 0) is 11.2 Å². The first-order valence-corrected chi connectivity index (χ1v) is 10.5. The summed E-state index contributed by atoms with van der Waals surface area (Å²) in [7, 11) is 0. The maximum absolute atomic E-state index is 13.2. The topological polar surface area (TPSA) is 59.0 Å². The Morgan fingerprint density at radius 3 is 2.83 bits per heavy atom. The molecule has 4 rings (SSSR count). The Balaban J connectivity index is 1.68. The maximum Gasteiger partial charge on any atom is 0.231 e. The number of aryl methyl sites for hydroxylation is 1. The summed E-state index contributed by atoms with van der Waals surface area (Å²) in [6.45, 7) is 6.13. The number of amides is 1. The highest BCUT2D eigenvalue weighted by Crippen LogP contribution is 2.40. The molecule has 2 aliphatic heterocycles. The molecule has 2 unspecified atom stereocenters. The smallest absolute Gasteiger partial charge is 0.231 e. The van der Waals surface area contributed by atoms with E-state index in [2.05, 4.69) is 13.8 Å². The van der Waals surface area contributed by atoms with Gasteiger partial charge in [0, 0.05) is 31.0 Å². The first kappa shape index (κ1) is 19.6. The van der Waals surface area contributed by atoms with Gasteiger partial charge in [0.15, 0.2) is 11.5 Å². The summed E-state index contributed by atoms with van der Waals surface area (Å²) in [5, 5.41) is 10.6. The van der Waals surface area contributed by atoms with Crippen molar-refractivity contribution < 1.29 is 19.4 Å². The van der Waals surface area contributed by atoms with E-state index >= 15 is 0 Å². The third kappa shape index (κ3) is 4.19. The molecule has 1 N–H and O–H groups in total. The molecule has 2 atom stereocenters. The molecule has 2 aromatic carbocycles. The molecular formula is C24H29NO4. The zero-order chi connectivity index (χ0) is 20.4. The molecule has 0 aromatic heterocycles. The number of hydrogen-bond acceptors (Lipinski definition) is 4. The minimum atomic E-state index is -0.235. The van der Waals surface area contributed by atoms with Crippen molar-refractivity contribution >= 4 is 5.91 Å². The van der Waals surface area contributed by atoms with E-state index in [0.29, 0.717) is 18.1 Å². The number of carbonyl (C=O) groups is 1. The molecule has 154 valence electrons. The number of carbonyl (C=O) groups excluding carboxylic acids is 1. The Labute approximate surface area is 172 Å². The molecule has 2 aliphatic rings. The van der Waals surface area contributed by atoms with Crippen molar-refractivity contribution in [3.05, 3.63) is 53.1 Å². The van der Waals surface area contributed by atoms with Crippen LogP contribution in [0.3, 0.4) is 0 Å². The highest BCUT2D eigenvalue weighted by atomic mass is 16.7. The van der Waals surface area contributed by atoms with E-state index in [0.717, 1.165) is 48.4 Å². The van der Waals surface area contributed by atoms with Gasteiger partial charge in [-0.15, -0.1) is 0 Å². The first-order chi connectivity index (χ1) is 14.0. The van der Waals surface area contributed by atoms with Gasteiger partial charge in [0.2, 0.25) is 12.7 Å². The SMILES string of the molecule is CCc1ccc(O)c(C(CC(=O)N2CCCC(C)C2)c2ccc3c(c2)OCO3)c1. The summed E-state index contributed by atoms with van der Waals surface area (Å²) < 4.78 is 11.0. The quantitative estimate of drug-likeness (QED) is 0.812. The minimum Gasteiger partial charge on any atom is -0.508 e. The van der Waals surface area contributed by atoms with Crippen LogP contribution in [0.4, 0.5) is 0 Å². The van der Waals surface area contributed by atoms with E-state index in [4.69, 9.17) is 9.47 Å². The molecule has 0 radical (unpaired) electrons. The van der Waals surface area contributed by atoms with E-state index < -0.39 is 0 Å². The molecule has 0 bridgehead atoms. The summed E-state index contributed by atoms with van der Waals surface area (Å²) in [5.41, 5.74) is 2.89. The Kier molecular flexibility index (Phi) is 5.65. The second-order valence-corrected chi connectivity index (χ2v) is 8.20. The van der Waals surface area contributed by atoms with E-state index in [-0.39, 0.29) is 24.4 Å². The third-order valence-electron chi connectivity index (χ3n) is 6.06. The Bertz CT molecular complexity index is 894. The average Bonchev–Trinajstić information content (AvgIpc) is 3.20. The van der Waals surface area contributed by atoms with E-state index in [1.54, 1.807) is 6.07 Å². The molecule has 2 heterocycles. The van der Waals surface area contributed by atoms with Gasteiger partial charge in [-0.05, 0) is 54.5 Å². The number of hydrogen-bond donors (Lipinski definition) is 1. The molecule has 5 nitrogen and oxygen atoms in total. The normalized spacial score (nSPS) is 19.2. The van der Waals surface area contributed by atoms with E-state index in [1.807, 2.05) is 35.2 Å². The number of rotatable bonds is 5. The molecule has 1 amide bonds. The van der Waals surface area contributed by atoms with Gasteiger partial charge < -0.3 is 19.5 Å². The number of benzene rings is 2. The lowest BCUT2D eigenvalue weighted by Gasteiger charge is -2.32. The van der Waals surface area contributed by atoms with Crippen LogP contribution >= 0.6 is 0 Å². The maximum atomic E-state index is 13.2. The molecule has 29 heavy (non-hydrogen) atoms. The molecule has 2 aromatic rings. The minimum absolute atomic E-state index is 0.139. The van der Waals surface area contributed by atoms with Gasteiger partial charge >= 0.3 is 0 Å². The summed E-state index contributed by atoms with van der Waals surface area (Å²) in [6, 6.07) is 11.5. The Hall–Kier alpha value is -2.69. The van der Waals surface area contributed by atoms with Crippen LogP contribution in [-0.4, -0.2) is 35.8 Å². The van der Waals surface area contributed by atoms with Crippen LogP contribution in [0.1, 0.15) is 55.7 Å². The standard InChI is InChI=1S/C24H29NO4/c1-3-17-6-8-21(26)20(11-17)19(13-24(27)25-10-4-5-16(2)14-25)18-7-9-22-23(12-18)29-15-28-22/h6-9,11-12,16,19,26H,3-5,10,13-15H2,1-2H3. The van der Waals surface area contributed by atoms with Crippen molar-refractivity contribution in [3.8, 4) is 17.2 Å². The first-order valence-electron chi connectivity index (χ1n) is 10.5. The number of aromatic hydroxyl groups is 1. The molecule has 5 heteroatoms. The van der Waals surface area contributed by atoms with E-state index in [9.17, 15) is 9.90 Å². The van der Waals surface area contributed by atoms with Gasteiger partial charge in [-0.3, -0.25) is 4.79 Å². The predicted octanol–water partition coefficient (Wildman–Crippen LogP) is 4.46. The fourth-order valence-electron chi connectivity index (χ4n) is 4.36. The highest BCUT2D eigenvalue weighted by molar-refractivity contribution is 5.78. The van der Waals surface area contributed by atoms with Crippen LogP contribution in [0.2, 0.25) is 0 Å². The van der Waals surface area contributed by atoms with Crippen molar-refractivity contribution in [1.82, 2.24) is 4.90 Å². The van der Waals surface area contributed by atoms with Crippen LogP contribution in [0.25, 0.3) is 0 Å². The number of phenolic OH excluding ortho intramolecular Hbond substituents is 1. The molecule has 0 saturated carbocycles. The van der Waals surface area contributed by atoms with Crippen LogP contribution in [0, 0.1) is 5.92 Å². The Morgan fingerprint density at radius 1 is 1.21 bits per heavy atom. The average molecular weight is 395 g/mol. The molecule has 1 saturated heterocycles. The Morgan fingerprint density at radius 2 is 2.03 bits per heavy atom. The van der Waals surface area contributed by atoms with Crippen molar-refractivity contribution in [2.75, 3.05) is 19.9 Å². The summed E-state index contributed by atoms with van der Waals surface area (Å²) >= 11 is 0. The summed E-state index contributed by atoms with van der Waals surface area (Å²) in [5.74, 6) is 2.08. The van der Waals surface area contributed by atoms with Gasteiger partial charge in [0.1, 0.15) is 5.75 Å². The highest BCUT2D eigenvalue weighted by Gasteiger charge is 2.28. The van der Waals surface area contributed by atoms with Gasteiger partial charge in [-0.1, -0.05) is 32.0 Å². The van der Waals surface area contributed by atoms with Crippen molar-refractivity contribution in [3.63, 3.8) is 0 Å². The second-order valence-electron chi connectivity index (χ2n) is 8.20. The number of fused-ring (bicyclic) bond motifs is 1. The molecular weight excluding hydrogens is 366 g/mol. The van der Waals surface area contributed by atoms with Gasteiger partial charge in [0.05, 0.1) is 0 Å². The lowest BCUT2D eigenvalue weighted by Crippen LogP contribution is -2.39. The zero-order valence-corrected chi connectivity index (χ0v) is 17.2. The lowest BCUT2D eigenvalue weighted by atomic mass is 9.85. The number of nitrogens with zero attached hydrogens (tertiary/aromatic N) is 1. The number of likely N-dealkylation sites (tertiary alicyclic amines) is 1. The lowest BCUT2D eigenvalue weighted by molar-refractivity contribution is -0.133. The summed E-state index contributed by atoms with van der Waals surface area (Å²) in [6.07, 6.45) is 3.43. The van der Waals surface area contributed by atoms with Gasteiger partial charge in [-0.2, -0.15) is 0 Å². The fraction of sp³-hybridized carbons (Fsp3) is 0.458. The van der Waals surface area contributed by atoms with Crippen LogP contribution < -0.4 is 9.47 Å². The molecule has 0 aliphatic carbocycles. The van der Waals surface area contributed by atoms with Crippen LogP contribution in [0.5, 0.6) is 17.2 Å². The fourth-order valence-corrected chi connectivity index (χ4v) is 4.36. The monoisotopic (exact) mass is 395 g/mol. The molecule has 1 fully saturated rings. The van der Waals surface area contributed by atoms with Crippen molar-refractivity contribution in [2.45, 2.75) is 45.4 Å². The summed E-state index contributed by atoms with van der Waals surface area (Å²) in [4.78, 5) is 15.2. The van der Waals surface area contributed by atoms with Crippen molar-refractivity contribution in [2.24, 2.45) is 5.92 Å². The number of phenols is 1. The second kappa shape index (κ2) is 8.36.